The summed E-state index contributed by atoms with van der Waals surface area (Å²) in [7, 11) is 3.89. The Balaban J connectivity index is 1.51. The van der Waals surface area contributed by atoms with Gasteiger partial charge in [0.15, 0.2) is 0 Å². The van der Waals surface area contributed by atoms with Crippen LogP contribution in [0.5, 0.6) is 0 Å². The minimum atomic E-state index is 0.121. The number of benzene rings is 1. The number of hydrogen-bond donors (Lipinski definition) is 0. The molecule has 2 aliphatic rings. The molecule has 1 aliphatic carbocycles. The molecule has 1 fully saturated rings. The van der Waals surface area contributed by atoms with Crippen molar-refractivity contribution in [3.05, 3.63) is 42.1 Å². The fraction of sp³-hybridized carbons (Fsp3) is 0.417. The van der Waals surface area contributed by atoms with Crippen molar-refractivity contribution in [3.8, 4) is 22.5 Å². The van der Waals surface area contributed by atoms with E-state index in [1.807, 2.05) is 36.1 Å². The lowest BCUT2D eigenvalue weighted by Crippen LogP contribution is -2.37. The van der Waals surface area contributed by atoms with E-state index in [1.165, 1.54) is 25.1 Å². The van der Waals surface area contributed by atoms with Gasteiger partial charge in [0.25, 0.3) is 0 Å². The SMILES string of the molecule is CC(=O)N1CCn2c(C3CCC3)nc(-c3ccc4c(c3)c(-c3cnn(C)c3)nn4C)c2C1. The van der Waals surface area contributed by atoms with E-state index in [0.717, 1.165) is 52.2 Å². The number of carbonyl (C=O) groups excluding carboxylic acids is 1. The molecule has 4 heterocycles. The van der Waals surface area contributed by atoms with Crippen molar-refractivity contribution in [2.75, 3.05) is 6.54 Å². The summed E-state index contributed by atoms with van der Waals surface area (Å²) in [6.45, 7) is 3.85. The van der Waals surface area contributed by atoms with Crippen molar-refractivity contribution in [3.63, 3.8) is 0 Å². The average Bonchev–Trinajstić information content (AvgIpc) is 3.42. The molecule has 0 spiro atoms. The number of rotatable bonds is 3. The third kappa shape index (κ3) is 2.89. The van der Waals surface area contributed by atoms with Crippen LogP contribution in [0.2, 0.25) is 0 Å². The molecule has 0 atom stereocenters. The van der Waals surface area contributed by atoms with Crippen molar-refractivity contribution in [1.82, 2.24) is 34.0 Å². The van der Waals surface area contributed by atoms with Crippen LogP contribution in [0.4, 0.5) is 0 Å². The van der Waals surface area contributed by atoms with Gasteiger partial charge in [-0.3, -0.25) is 14.2 Å². The number of nitrogens with zero attached hydrogens (tertiary/aromatic N) is 7. The van der Waals surface area contributed by atoms with E-state index in [1.54, 1.807) is 11.6 Å². The number of amides is 1. The number of carbonyl (C=O) groups is 1. The van der Waals surface area contributed by atoms with Gasteiger partial charge < -0.3 is 9.47 Å². The van der Waals surface area contributed by atoms with Crippen LogP contribution < -0.4 is 0 Å². The van der Waals surface area contributed by atoms with E-state index in [-0.39, 0.29) is 5.91 Å². The number of aromatic nitrogens is 6. The normalized spacial score (nSPS) is 16.4. The number of hydrogen-bond acceptors (Lipinski definition) is 4. The highest BCUT2D eigenvalue weighted by molar-refractivity contribution is 5.95. The highest BCUT2D eigenvalue weighted by atomic mass is 16.2. The van der Waals surface area contributed by atoms with Crippen molar-refractivity contribution in [1.29, 1.82) is 0 Å². The smallest absolute Gasteiger partial charge is 0.219 e. The van der Waals surface area contributed by atoms with Crippen LogP contribution in [-0.2, 0) is 32.0 Å². The highest BCUT2D eigenvalue weighted by Crippen LogP contribution is 2.40. The summed E-state index contributed by atoms with van der Waals surface area (Å²) in [6, 6.07) is 6.46. The van der Waals surface area contributed by atoms with Crippen LogP contribution in [0.1, 0.15) is 43.6 Å². The Bertz CT molecular complexity index is 1350. The van der Waals surface area contributed by atoms with E-state index in [2.05, 4.69) is 27.9 Å². The summed E-state index contributed by atoms with van der Waals surface area (Å²) in [5.74, 6) is 1.86. The van der Waals surface area contributed by atoms with Gasteiger partial charge in [-0.25, -0.2) is 4.98 Å². The van der Waals surface area contributed by atoms with Crippen molar-refractivity contribution in [2.24, 2.45) is 14.1 Å². The lowest BCUT2D eigenvalue weighted by atomic mass is 9.85. The average molecular weight is 430 g/mol. The first kappa shape index (κ1) is 19.3. The van der Waals surface area contributed by atoms with Gasteiger partial charge in [0.1, 0.15) is 11.5 Å². The van der Waals surface area contributed by atoms with Crippen LogP contribution in [0, 0.1) is 0 Å². The quantitative estimate of drug-likeness (QED) is 0.500. The zero-order valence-corrected chi connectivity index (χ0v) is 18.7. The largest absolute Gasteiger partial charge is 0.335 e. The van der Waals surface area contributed by atoms with E-state index in [9.17, 15) is 4.79 Å². The lowest BCUT2D eigenvalue weighted by Gasteiger charge is -2.31. The fourth-order valence-electron chi connectivity index (χ4n) is 5.04. The molecule has 164 valence electrons. The minimum Gasteiger partial charge on any atom is -0.335 e. The molecule has 32 heavy (non-hydrogen) atoms. The molecule has 4 aromatic rings. The van der Waals surface area contributed by atoms with Crippen LogP contribution in [0.25, 0.3) is 33.4 Å². The van der Waals surface area contributed by atoms with Gasteiger partial charge in [0, 0.05) is 62.7 Å². The molecule has 0 radical (unpaired) electrons. The van der Waals surface area contributed by atoms with Crippen molar-refractivity contribution < 1.29 is 4.79 Å². The van der Waals surface area contributed by atoms with Crippen molar-refractivity contribution >= 4 is 16.8 Å². The molecule has 1 amide bonds. The zero-order chi connectivity index (χ0) is 22.0. The Hall–Kier alpha value is -3.42. The summed E-state index contributed by atoms with van der Waals surface area (Å²) in [5.41, 5.74) is 6.23. The number of aryl methyl sites for hydroxylation is 2. The third-order valence-electron chi connectivity index (χ3n) is 7.05. The maximum atomic E-state index is 12.1. The lowest BCUT2D eigenvalue weighted by molar-refractivity contribution is -0.130. The molecular weight excluding hydrogens is 402 g/mol. The Morgan fingerprint density at radius 3 is 2.62 bits per heavy atom. The van der Waals surface area contributed by atoms with Crippen molar-refractivity contribution in [2.45, 2.75) is 45.2 Å². The predicted molar refractivity (Wildman–Crippen MR) is 122 cm³/mol. The predicted octanol–water partition coefficient (Wildman–Crippen LogP) is 3.47. The second-order valence-electron chi connectivity index (χ2n) is 9.09. The van der Waals surface area contributed by atoms with E-state index >= 15 is 0 Å². The van der Waals surface area contributed by atoms with E-state index in [0.29, 0.717) is 12.5 Å². The third-order valence-corrected chi connectivity index (χ3v) is 7.05. The molecule has 0 N–H and O–H groups in total. The van der Waals surface area contributed by atoms with E-state index in [4.69, 9.17) is 10.1 Å². The summed E-state index contributed by atoms with van der Waals surface area (Å²) in [4.78, 5) is 19.2. The van der Waals surface area contributed by atoms with Gasteiger partial charge >= 0.3 is 0 Å². The molecular formula is C24H27N7O. The second kappa shape index (κ2) is 7.05. The minimum absolute atomic E-state index is 0.121. The molecule has 0 saturated heterocycles. The van der Waals surface area contributed by atoms with Crippen LogP contribution >= 0.6 is 0 Å². The zero-order valence-electron chi connectivity index (χ0n) is 18.7. The molecule has 1 aromatic carbocycles. The van der Waals surface area contributed by atoms with Gasteiger partial charge in [-0.2, -0.15) is 10.2 Å². The standard InChI is InChI=1S/C24H27N7O/c1-15(32)30-9-10-31-21(14-30)23(26-24(31)16-5-4-6-16)17-7-8-20-19(11-17)22(27-29(20)3)18-12-25-28(2)13-18/h7-8,11-13,16H,4-6,9-10,14H2,1-3H3. The molecule has 6 rings (SSSR count). The Labute approximate surface area is 186 Å². The Morgan fingerprint density at radius 2 is 1.94 bits per heavy atom. The number of fused-ring (bicyclic) bond motifs is 2. The van der Waals surface area contributed by atoms with Gasteiger partial charge in [-0.05, 0) is 25.0 Å². The topological polar surface area (TPSA) is 73.8 Å². The maximum absolute atomic E-state index is 12.1. The maximum Gasteiger partial charge on any atom is 0.219 e. The molecule has 8 nitrogen and oxygen atoms in total. The van der Waals surface area contributed by atoms with Gasteiger partial charge in [-0.15, -0.1) is 0 Å². The number of imidazole rings is 1. The van der Waals surface area contributed by atoms with Crippen LogP contribution in [-0.4, -0.2) is 46.5 Å². The first-order valence-electron chi connectivity index (χ1n) is 11.3. The molecule has 0 unspecified atom stereocenters. The van der Waals surface area contributed by atoms with Crippen LogP contribution in [0.3, 0.4) is 0 Å². The molecule has 1 saturated carbocycles. The van der Waals surface area contributed by atoms with Gasteiger partial charge in [0.2, 0.25) is 5.91 Å². The summed E-state index contributed by atoms with van der Waals surface area (Å²) < 4.78 is 6.10. The van der Waals surface area contributed by atoms with Crippen LogP contribution in [0.15, 0.2) is 30.6 Å². The summed E-state index contributed by atoms with van der Waals surface area (Å²) in [5, 5.41) is 10.2. The Morgan fingerprint density at radius 1 is 1.09 bits per heavy atom. The molecule has 1 aliphatic heterocycles. The molecule has 3 aromatic heterocycles. The Kier molecular flexibility index (Phi) is 4.25. The highest BCUT2D eigenvalue weighted by Gasteiger charge is 2.31. The summed E-state index contributed by atoms with van der Waals surface area (Å²) >= 11 is 0. The fourth-order valence-corrected chi connectivity index (χ4v) is 5.04. The molecule has 0 bridgehead atoms. The van der Waals surface area contributed by atoms with Gasteiger partial charge in [-0.1, -0.05) is 12.5 Å². The second-order valence-corrected chi connectivity index (χ2v) is 9.09. The summed E-state index contributed by atoms with van der Waals surface area (Å²) in [6.07, 6.45) is 7.54. The van der Waals surface area contributed by atoms with E-state index < -0.39 is 0 Å². The first-order valence-corrected chi connectivity index (χ1v) is 11.3. The van der Waals surface area contributed by atoms with Gasteiger partial charge in [0.05, 0.1) is 29.6 Å². The monoisotopic (exact) mass is 429 g/mol. The first-order chi connectivity index (χ1) is 15.5. The molecule has 8 heteroatoms.